The van der Waals surface area contributed by atoms with Gasteiger partial charge in [0.15, 0.2) is 0 Å². The van der Waals surface area contributed by atoms with Crippen LogP contribution in [-0.4, -0.2) is 36.8 Å². The van der Waals surface area contributed by atoms with Crippen LogP contribution in [0.5, 0.6) is 0 Å². The molecular weight excluding hydrogens is 158 g/mol. The minimum atomic E-state index is 0.663. The zero-order valence-corrected chi connectivity index (χ0v) is 7.53. The van der Waals surface area contributed by atoms with Crippen LogP contribution in [0.4, 0.5) is 0 Å². The van der Waals surface area contributed by atoms with E-state index in [9.17, 15) is 0 Å². The smallest absolute Gasteiger partial charge is 0.0643 e. The molecule has 2 aliphatic rings. The third-order valence-electron chi connectivity index (χ3n) is 2.30. The Morgan fingerprint density at radius 3 is 2.91 bits per heavy atom. The van der Waals surface area contributed by atoms with Crippen molar-refractivity contribution in [2.24, 2.45) is 0 Å². The van der Waals surface area contributed by atoms with Crippen LogP contribution in [0.15, 0.2) is 0 Å². The first-order valence-corrected chi connectivity index (χ1v) is 5.43. The van der Waals surface area contributed by atoms with E-state index in [4.69, 9.17) is 4.74 Å². The summed E-state index contributed by atoms with van der Waals surface area (Å²) in [4.78, 5) is 0. The van der Waals surface area contributed by atoms with E-state index in [-0.39, 0.29) is 0 Å². The van der Waals surface area contributed by atoms with Gasteiger partial charge in [0.1, 0.15) is 0 Å². The number of thioether (sulfide) groups is 1. The zero-order chi connectivity index (χ0) is 7.52. The lowest BCUT2D eigenvalue weighted by molar-refractivity contribution is -0.00474. The van der Waals surface area contributed by atoms with E-state index in [2.05, 4.69) is 17.1 Å². The molecule has 0 aliphatic carbocycles. The highest BCUT2D eigenvalue weighted by molar-refractivity contribution is 8.00. The summed E-state index contributed by atoms with van der Waals surface area (Å²) in [6, 6.07) is 0.663. The molecule has 0 saturated carbocycles. The molecule has 0 aromatic heterocycles. The van der Waals surface area contributed by atoms with E-state index >= 15 is 0 Å². The minimum Gasteiger partial charge on any atom is -0.378 e. The van der Waals surface area contributed by atoms with E-state index in [1.54, 1.807) is 0 Å². The predicted molar refractivity (Wildman–Crippen MR) is 48.1 cm³/mol. The van der Waals surface area contributed by atoms with Gasteiger partial charge < -0.3 is 10.1 Å². The van der Waals surface area contributed by atoms with Gasteiger partial charge in [0.05, 0.1) is 19.3 Å². The number of ether oxygens (including phenoxy) is 1. The molecule has 11 heavy (non-hydrogen) atoms. The van der Waals surface area contributed by atoms with Crippen LogP contribution in [0.25, 0.3) is 0 Å². The highest BCUT2D eigenvalue weighted by Gasteiger charge is 2.21. The topological polar surface area (TPSA) is 21.3 Å². The standard InChI is InChI=1S/C8H15NOS/c1-2-8(11-3-1)4-9-7-5-10-6-7/h7-9H,1-6H2. The summed E-state index contributed by atoms with van der Waals surface area (Å²) in [5.74, 6) is 1.37. The molecule has 2 saturated heterocycles. The highest BCUT2D eigenvalue weighted by atomic mass is 32.2. The molecule has 0 radical (unpaired) electrons. The van der Waals surface area contributed by atoms with E-state index < -0.39 is 0 Å². The molecular formula is C8H15NOS. The third kappa shape index (κ3) is 2.10. The maximum Gasteiger partial charge on any atom is 0.0643 e. The zero-order valence-electron chi connectivity index (χ0n) is 6.71. The monoisotopic (exact) mass is 173 g/mol. The van der Waals surface area contributed by atoms with Crippen LogP contribution in [-0.2, 0) is 4.74 Å². The van der Waals surface area contributed by atoms with Crippen molar-refractivity contribution in [2.45, 2.75) is 24.1 Å². The first-order valence-electron chi connectivity index (χ1n) is 4.38. The lowest BCUT2D eigenvalue weighted by Gasteiger charge is -2.28. The Kier molecular flexibility index (Phi) is 2.72. The van der Waals surface area contributed by atoms with Gasteiger partial charge in [0, 0.05) is 11.8 Å². The highest BCUT2D eigenvalue weighted by Crippen LogP contribution is 2.25. The van der Waals surface area contributed by atoms with Gasteiger partial charge in [0.2, 0.25) is 0 Å². The molecule has 0 spiro atoms. The van der Waals surface area contributed by atoms with Crippen LogP contribution in [0.1, 0.15) is 12.8 Å². The summed E-state index contributed by atoms with van der Waals surface area (Å²) < 4.78 is 5.08. The van der Waals surface area contributed by atoms with Crippen molar-refractivity contribution in [3.8, 4) is 0 Å². The summed E-state index contributed by atoms with van der Waals surface area (Å²) in [6.45, 7) is 3.05. The Labute approximate surface area is 72.1 Å². The number of nitrogens with one attached hydrogen (secondary N) is 1. The molecule has 0 amide bonds. The molecule has 2 fully saturated rings. The van der Waals surface area contributed by atoms with Crippen LogP contribution in [0.2, 0.25) is 0 Å². The Balaban J connectivity index is 1.57. The molecule has 2 nitrogen and oxygen atoms in total. The Bertz CT molecular complexity index is 121. The van der Waals surface area contributed by atoms with Gasteiger partial charge >= 0.3 is 0 Å². The summed E-state index contributed by atoms with van der Waals surface area (Å²) in [5.41, 5.74) is 0. The quantitative estimate of drug-likeness (QED) is 0.684. The minimum absolute atomic E-state index is 0.663. The number of hydrogen-bond donors (Lipinski definition) is 1. The Morgan fingerprint density at radius 2 is 2.36 bits per heavy atom. The van der Waals surface area contributed by atoms with Gasteiger partial charge in [-0.15, -0.1) is 0 Å². The second kappa shape index (κ2) is 3.78. The Morgan fingerprint density at radius 1 is 1.45 bits per heavy atom. The van der Waals surface area contributed by atoms with Gasteiger partial charge in [-0.25, -0.2) is 0 Å². The van der Waals surface area contributed by atoms with Crippen molar-refractivity contribution in [3.05, 3.63) is 0 Å². The summed E-state index contributed by atoms with van der Waals surface area (Å²) in [6.07, 6.45) is 2.82. The number of hydrogen-bond acceptors (Lipinski definition) is 3. The molecule has 3 heteroatoms. The summed E-state index contributed by atoms with van der Waals surface area (Å²) in [7, 11) is 0. The Hall–Kier alpha value is 0.270. The number of rotatable bonds is 3. The SMILES string of the molecule is C1CSC(CNC2COC2)C1. The second-order valence-electron chi connectivity index (χ2n) is 3.28. The lowest BCUT2D eigenvalue weighted by atomic mass is 10.2. The summed E-state index contributed by atoms with van der Waals surface area (Å²) in [5, 5.41) is 4.40. The van der Waals surface area contributed by atoms with Gasteiger partial charge in [-0.2, -0.15) is 11.8 Å². The second-order valence-corrected chi connectivity index (χ2v) is 4.69. The van der Waals surface area contributed by atoms with Crippen LogP contribution < -0.4 is 5.32 Å². The molecule has 0 bridgehead atoms. The fourth-order valence-corrected chi connectivity index (χ4v) is 2.67. The fourth-order valence-electron chi connectivity index (χ4n) is 1.46. The molecule has 64 valence electrons. The van der Waals surface area contributed by atoms with Crippen molar-refractivity contribution >= 4 is 11.8 Å². The third-order valence-corrected chi connectivity index (χ3v) is 3.69. The van der Waals surface area contributed by atoms with Gasteiger partial charge in [-0.05, 0) is 18.6 Å². The molecule has 0 aromatic carbocycles. The average molecular weight is 173 g/mol. The molecule has 1 atom stereocenters. The summed E-state index contributed by atoms with van der Waals surface area (Å²) >= 11 is 2.12. The first kappa shape index (κ1) is 7.90. The van der Waals surface area contributed by atoms with Crippen LogP contribution >= 0.6 is 11.8 Å². The van der Waals surface area contributed by atoms with Crippen molar-refractivity contribution in [2.75, 3.05) is 25.5 Å². The molecule has 2 rings (SSSR count). The van der Waals surface area contributed by atoms with Crippen molar-refractivity contribution in [3.63, 3.8) is 0 Å². The van der Waals surface area contributed by atoms with Crippen molar-refractivity contribution < 1.29 is 4.74 Å². The van der Waals surface area contributed by atoms with Crippen molar-refractivity contribution in [1.82, 2.24) is 5.32 Å². The normalized spacial score (nSPS) is 32.2. The molecule has 2 heterocycles. The first-order chi connectivity index (χ1) is 5.45. The van der Waals surface area contributed by atoms with Crippen molar-refractivity contribution in [1.29, 1.82) is 0 Å². The molecule has 1 unspecified atom stereocenters. The average Bonchev–Trinajstić information content (AvgIpc) is 2.36. The maximum absolute atomic E-state index is 5.08. The maximum atomic E-state index is 5.08. The van der Waals surface area contributed by atoms with Gasteiger partial charge in [0.25, 0.3) is 0 Å². The lowest BCUT2D eigenvalue weighted by Crippen LogP contribution is -2.47. The van der Waals surface area contributed by atoms with E-state index in [1.165, 1.54) is 25.1 Å². The van der Waals surface area contributed by atoms with E-state index in [1.807, 2.05) is 0 Å². The fraction of sp³-hybridized carbons (Fsp3) is 1.00. The largest absolute Gasteiger partial charge is 0.378 e. The van der Waals surface area contributed by atoms with Gasteiger partial charge in [-0.1, -0.05) is 0 Å². The van der Waals surface area contributed by atoms with Gasteiger partial charge in [-0.3, -0.25) is 0 Å². The van der Waals surface area contributed by atoms with E-state index in [0.717, 1.165) is 18.5 Å². The molecule has 1 N–H and O–H groups in total. The predicted octanol–water partition coefficient (Wildman–Crippen LogP) is 0.870. The van der Waals surface area contributed by atoms with E-state index in [0.29, 0.717) is 6.04 Å². The van der Waals surface area contributed by atoms with Crippen LogP contribution in [0.3, 0.4) is 0 Å². The van der Waals surface area contributed by atoms with Crippen LogP contribution in [0, 0.1) is 0 Å². The molecule has 2 aliphatic heterocycles. The molecule has 0 aromatic rings.